The van der Waals surface area contributed by atoms with E-state index in [9.17, 15) is 9.18 Å². The maximum Gasteiger partial charge on any atom is 0.153 e. The molecule has 3 nitrogen and oxygen atoms in total. The molecule has 1 aromatic carbocycles. The van der Waals surface area contributed by atoms with Crippen molar-refractivity contribution in [3.63, 3.8) is 0 Å². The predicted octanol–water partition coefficient (Wildman–Crippen LogP) is 3.01. The maximum atomic E-state index is 13.4. The third-order valence-corrected chi connectivity index (χ3v) is 3.32. The largest absolute Gasteiger partial charge is 0.306 e. The minimum absolute atomic E-state index is 0.0808. The van der Waals surface area contributed by atoms with Crippen LogP contribution in [-0.4, -0.2) is 15.8 Å². The Kier molecular flexibility index (Phi) is 2.51. The zero-order valence-electron chi connectivity index (χ0n) is 10.1. The molecule has 1 saturated carbocycles. The monoisotopic (exact) mass is 244 g/mol. The van der Waals surface area contributed by atoms with Gasteiger partial charge in [0.05, 0.1) is 23.3 Å². The van der Waals surface area contributed by atoms with Crippen LogP contribution in [0.2, 0.25) is 0 Å². The van der Waals surface area contributed by atoms with Gasteiger partial charge in [0.1, 0.15) is 5.82 Å². The second-order valence-corrected chi connectivity index (χ2v) is 4.76. The highest BCUT2D eigenvalue weighted by Crippen LogP contribution is 2.39. The average molecular weight is 244 g/mol. The van der Waals surface area contributed by atoms with Gasteiger partial charge in [-0.2, -0.15) is 0 Å². The lowest BCUT2D eigenvalue weighted by Crippen LogP contribution is -1.98. The van der Waals surface area contributed by atoms with Crippen LogP contribution in [0.25, 0.3) is 5.69 Å². The molecule has 0 unspecified atom stereocenters. The predicted molar refractivity (Wildman–Crippen MR) is 65.6 cm³/mol. The van der Waals surface area contributed by atoms with Gasteiger partial charge in [0.2, 0.25) is 0 Å². The van der Waals surface area contributed by atoms with Gasteiger partial charge in [-0.05, 0) is 37.5 Å². The Morgan fingerprint density at radius 2 is 2.22 bits per heavy atom. The van der Waals surface area contributed by atoms with Crippen LogP contribution in [0.15, 0.2) is 24.7 Å². The fraction of sp³-hybridized carbons (Fsp3) is 0.286. The van der Waals surface area contributed by atoms with Crippen LogP contribution in [0.3, 0.4) is 0 Å². The smallest absolute Gasteiger partial charge is 0.153 e. The molecule has 0 aliphatic heterocycles. The van der Waals surface area contributed by atoms with E-state index in [1.165, 1.54) is 18.9 Å². The van der Waals surface area contributed by atoms with E-state index in [1.54, 1.807) is 12.4 Å². The van der Waals surface area contributed by atoms with E-state index in [0.29, 0.717) is 12.2 Å². The standard InChI is InChI=1S/C14H13FN2O/c1-9-4-12(15)11(7-18)5-14(9)17-6-13(16-8-17)10-2-3-10/h4-8,10H,2-3H2,1H3. The molecule has 0 saturated heterocycles. The molecule has 1 aliphatic rings. The number of hydrogen-bond acceptors (Lipinski definition) is 2. The summed E-state index contributed by atoms with van der Waals surface area (Å²) in [5.74, 6) is 0.103. The minimum Gasteiger partial charge on any atom is -0.306 e. The molecule has 18 heavy (non-hydrogen) atoms. The lowest BCUT2D eigenvalue weighted by Gasteiger charge is -2.08. The molecule has 1 aromatic heterocycles. The lowest BCUT2D eigenvalue weighted by molar-refractivity contribution is 0.112. The number of carbonyl (C=O) groups is 1. The lowest BCUT2D eigenvalue weighted by atomic mass is 10.1. The number of nitrogens with zero attached hydrogens (tertiary/aromatic N) is 2. The first kappa shape index (κ1) is 11.1. The first-order valence-corrected chi connectivity index (χ1v) is 5.98. The number of aromatic nitrogens is 2. The van der Waals surface area contributed by atoms with Gasteiger partial charge >= 0.3 is 0 Å². The van der Waals surface area contributed by atoms with Crippen molar-refractivity contribution in [2.45, 2.75) is 25.7 Å². The zero-order chi connectivity index (χ0) is 12.7. The molecule has 1 aliphatic carbocycles. The Morgan fingerprint density at radius 1 is 1.44 bits per heavy atom. The molecule has 2 aromatic rings. The Balaban J connectivity index is 2.06. The molecule has 0 amide bonds. The van der Waals surface area contributed by atoms with Gasteiger partial charge in [0, 0.05) is 12.1 Å². The number of carbonyl (C=O) groups excluding carboxylic acids is 1. The topological polar surface area (TPSA) is 34.9 Å². The third-order valence-electron chi connectivity index (χ3n) is 3.32. The second-order valence-electron chi connectivity index (χ2n) is 4.76. The van der Waals surface area contributed by atoms with E-state index in [2.05, 4.69) is 4.98 Å². The fourth-order valence-electron chi connectivity index (χ4n) is 2.11. The molecule has 0 N–H and O–H groups in total. The maximum absolute atomic E-state index is 13.4. The molecule has 0 radical (unpaired) electrons. The van der Waals surface area contributed by atoms with Gasteiger partial charge in [0.25, 0.3) is 0 Å². The molecule has 1 heterocycles. The van der Waals surface area contributed by atoms with Gasteiger partial charge in [-0.3, -0.25) is 4.79 Å². The quantitative estimate of drug-likeness (QED) is 0.778. The summed E-state index contributed by atoms with van der Waals surface area (Å²) in [6, 6.07) is 2.95. The normalized spacial score (nSPS) is 14.8. The van der Waals surface area contributed by atoms with Crippen LogP contribution in [0.1, 0.15) is 40.4 Å². The zero-order valence-corrected chi connectivity index (χ0v) is 10.1. The van der Waals surface area contributed by atoms with Gasteiger partial charge in [-0.25, -0.2) is 9.37 Å². The summed E-state index contributed by atoms with van der Waals surface area (Å²) in [6.07, 6.45) is 6.62. The summed E-state index contributed by atoms with van der Waals surface area (Å²) in [7, 11) is 0. The van der Waals surface area contributed by atoms with Crippen LogP contribution >= 0.6 is 0 Å². The van der Waals surface area contributed by atoms with Crippen LogP contribution in [-0.2, 0) is 0 Å². The van der Waals surface area contributed by atoms with Crippen molar-refractivity contribution in [2.75, 3.05) is 0 Å². The average Bonchev–Trinajstić information content (AvgIpc) is 3.09. The number of hydrogen-bond donors (Lipinski definition) is 0. The second kappa shape index (κ2) is 4.05. The van der Waals surface area contributed by atoms with E-state index in [-0.39, 0.29) is 5.56 Å². The molecular weight excluding hydrogens is 231 g/mol. The van der Waals surface area contributed by atoms with Crippen LogP contribution in [0.5, 0.6) is 0 Å². The molecule has 1 fully saturated rings. The fourth-order valence-corrected chi connectivity index (χ4v) is 2.11. The molecule has 0 spiro atoms. The van der Waals surface area contributed by atoms with Crippen molar-refractivity contribution in [1.82, 2.24) is 9.55 Å². The van der Waals surface area contributed by atoms with Crippen molar-refractivity contribution in [3.05, 3.63) is 47.3 Å². The number of aldehydes is 1. The van der Waals surface area contributed by atoms with E-state index in [0.717, 1.165) is 16.9 Å². The summed E-state index contributed by atoms with van der Waals surface area (Å²) in [5.41, 5.74) is 2.75. The van der Waals surface area contributed by atoms with Gasteiger partial charge in [-0.1, -0.05) is 0 Å². The summed E-state index contributed by atoms with van der Waals surface area (Å²) in [6.45, 7) is 1.82. The molecule has 92 valence electrons. The van der Waals surface area contributed by atoms with Crippen LogP contribution < -0.4 is 0 Å². The van der Waals surface area contributed by atoms with E-state index >= 15 is 0 Å². The molecule has 4 heteroatoms. The Bertz CT molecular complexity index is 614. The summed E-state index contributed by atoms with van der Waals surface area (Å²) < 4.78 is 15.3. The first-order chi connectivity index (χ1) is 8.69. The number of benzene rings is 1. The van der Waals surface area contributed by atoms with Crippen molar-refractivity contribution < 1.29 is 9.18 Å². The van der Waals surface area contributed by atoms with E-state index in [4.69, 9.17) is 0 Å². The van der Waals surface area contributed by atoms with E-state index < -0.39 is 5.82 Å². The van der Waals surface area contributed by atoms with Gasteiger partial charge in [-0.15, -0.1) is 0 Å². The van der Waals surface area contributed by atoms with Crippen molar-refractivity contribution in [1.29, 1.82) is 0 Å². The van der Waals surface area contributed by atoms with Gasteiger partial charge < -0.3 is 4.57 Å². The highest BCUT2D eigenvalue weighted by Gasteiger charge is 2.26. The molecule has 0 atom stereocenters. The number of imidazole rings is 1. The van der Waals surface area contributed by atoms with Crippen LogP contribution in [0.4, 0.5) is 4.39 Å². The highest BCUT2D eigenvalue weighted by molar-refractivity contribution is 5.77. The summed E-state index contributed by atoms with van der Waals surface area (Å²) >= 11 is 0. The number of rotatable bonds is 3. The Labute approximate surface area is 104 Å². The molecule has 0 bridgehead atoms. The SMILES string of the molecule is Cc1cc(F)c(C=O)cc1-n1cnc(C2CC2)c1. The third kappa shape index (κ3) is 1.83. The van der Waals surface area contributed by atoms with Crippen molar-refractivity contribution >= 4 is 6.29 Å². The number of aryl methyl sites for hydroxylation is 1. The van der Waals surface area contributed by atoms with Crippen LogP contribution in [0, 0.1) is 12.7 Å². The highest BCUT2D eigenvalue weighted by atomic mass is 19.1. The minimum atomic E-state index is -0.478. The van der Waals surface area contributed by atoms with E-state index in [1.807, 2.05) is 17.7 Å². The molecular formula is C14H13FN2O. The van der Waals surface area contributed by atoms with Crippen molar-refractivity contribution in [2.24, 2.45) is 0 Å². The Hall–Kier alpha value is -1.97. The summed E-state index contributed by atoms with van der Waals surface area (Å²) in [4.78, 5) is 15.1. The van der Waals surface area contributed by atoms with Crippen molar-refractivity contribution in [3.8, 4) is 5.69 Å². The number of halogens is 1. The Morgan fingerprint density at radius 3 is 2.89 bits per heavy atom. The first-order valence-electron chi connectivity index (χ1n) is 5.98. The molecule has 3 rings (SSSR count). The van der Waals surface area contributed by atoms with Gasteiger partial charge in [0.15, 0.2) is 6.29 Å². The summed E-state index contributed by atoms with van der Waals surface area (Å²) in [5, 5.41) is 0.